The maximum atomic E-state index is 13.5. The number of thioether (sulfide) groups is 1. The van der Waals surface area contributed by atoms with E-state index in [2.05, 4.69) is 5.32 Å². The van der Waals surface area contributed by atoms with Crippen LogP contribution >= 0.6 is 11.8 Å². The summed E-state index contributed by atoms with van der Waals surface area (Å²) in [6, 6.07) is 9.43. The predicted molar refractivity (Wildman–Crippen MR) is 119 cm³/mol. The standard InChI is InChI=1S/C23H31N3O4S/c1-22(2,3)30-21(29)24-17-10-7-13-25(14-17)20(28)18-15-31-23(12-11-19(27)26(18)23)16-8-5-4-6-9-16/h4-6,8-9,17-18H,7,10-15H2,1-3H3,(H,24,29)/t17-,18-,23-/m1/s1. The molecule has 3 fully saturated rings. The summed E-state index contributed by atoms with van der Waals surface area (Å²) in [5, 5.41) is 2.90. The number of carbonyl (C=O) groups excluding carboxylic acids is 3. The molecule has 0 aromatic heterocycles. The summed E-state index contributed by atoms with van der Waals surface area (Å²) in [5.41, 5.74) is 0.524. The Labute approximate surface area is 187 Å². The van der Waals surface area contributed by atoms with Crippen molar-refractivity contribution in [2.45, 2.75) is 69.0 Å². The van der Waals surface area contributed by atoms with Crippen molar-refractivity contribution in [1.82, 2.24) is 15.1 Å². The number of hydrogen-bond acceptors (Lipinski definition) is 5. The lowest BCUT2D eigenvalue weighted by Gasteiger charge is -2.38. The second-order valence-electron chi connectivity index (χ2n) is 9.51. The van der Waals surface area contributed by atoms with Crippen molar-refractivity contribution in [2.75, 3.05) is 18.8 Å². The molecular formula is C23H31N3O4S. The molecule has 0 saturated carbocycles. The Morgan fingerprint density at radius 3 is 2.68 bits per heavy atom. The van der Waals surface area contributed by atoms with Gasteiger partial charge in [-0.3, -0.25) is 9.59 Å². The zero-order chi connectivity index (χ0) is 22.2. The van der Waals surface area contributed by atoms with Crippen LogP contribution in [0.4, 0.5) is 4.79 Å². The van der Waals surface area contributed by atoms with Crippen molar-refractivity contribution in [2.24, 2.45) is 0 Å². The summed E-state index contributed by atoms with van der Waals surface area (Å²) in [5.74, 6) is 0.629. The van der Waals surface area contributed by atoms with E-state index in [9.17, 15) is 14.4 Å². The first-order valence-corrected chi connectivity index (χ1v) is 12.0. The number of fused-ring (bicyclic) bond motifs is 1. The molecule has 168 valence electrons. The summed E-state index contributed by atoms with van der Waals surface area (Å²) >= 11 is 1.70. The summed E-state index contributed by atoms with van der Waals surface area (Å²) < 4.78 is 5.36. The van der Waals surface area contributed by atoms with E-state index >= 15 is 0 Å². The molecule has 7 nitrogen and oxygen atoms in total. The van der Waals surface area contributed by atoms with E-state index < -0.39 is 22.6 Å². The minimum atomic E-state index is -0.563. The van der Waals surface area contributed by atoms with Gasteiger partial charge in [0.1, 0.15) is 16.5 Å². The predicted octanol–water partition coefficient (Wildman–Crippen LogP) is 3.09. The summed E-state index contributed by atoms with van der Waals surface area (Å²) in [6.07, 6.45) is 2.35. The van der Waals surface area contributed by atoms with Crippen LogP contribution in [0.15, 0.2) is 30.3 Å². The fourth-order valence-corrected chi connectivity index (χ4v) is 6.45. The van der Waals surface area contributed by atoms with Crippen molar-refractivity contribution in [3.63, 3.8) is 0 Å². The van der Waals surface area contributed by atoms with Gasteiger partial charge in [-0.2, -0.15) is 0 Å². The molecule has 0 spiro atoms. The first-order chi connectivity index (χ1) is 14.7. The van der Waals surface area contributed by atoms with Gasteiger partial charge in [0.25, 0.3) is 0 Å². The number of alkyl carbamates (subject to hydrolysis) is 1. The quantitative estimate of drug-likeness (QED) is 0.774. The third-order valence-electron chi connectivity index (χ3n) is 6.09. The van der Waals surface area contributed by atoms with Crippen molar-refractivity contribution >= 4 is 29.7 Å². The maximum Gasteiger partial charge on any atom is 0.407 e. The SMILES string of the molecule is CC(C)(C)OC(=O)N[C@@H]1CCCN(C(=O)[C@H]2CS[C@@]3(c4ccccc4)CCC(=O)N23)C1. The molecular weight excluding hydrogens is 414 g/mol. The number of ether oxygens (including phenoxy) is 1. The van der Waals surface area contributed by atoms with Crippen molar-refractivity contribution in [3.05, 3.63) is 35.9 Å². The van der Waals surface area contributed by atoms with E-state index in [1.54, 1.807) is 11.8 Å². The van der Waals surface area contributed by atoms with E-state index in [4.69, 9.17) is 4.74 Å². The molecule has 1 N–H and O–H groups in total. The third kappa shape index (κ3) is 4.40. The molecule has 1 aromatic carbocycles. The van der Waals surface area contributed by atoms with E-state index in [1.165, 1.54) is 0 Å². The van der Waals surface area contributed by atoms with Gasteiger partial charge in [0, 0.05) is 31.3 Å². The number of piperidine rings is 1. The highest BCUT2D eigenvalue weighted by atomic mass is 32.2. The van der Waals surface area contributed by atoms with Crippen molar-refractivity contribution in [3.8, 4) is 0 Å². The molecule has 1 aromatic rings. The molecule has 3 saturated heterocycles. The van der Waals surface area contributed by atoms with Crippen LogP contribution in [-0.4, -0.2) is 64.2 Å². The molecule has 31 heavy (non-hydrogen) atoms. The third-order valence-corrected chi connectivity index (χ3v) is 7.69. The van der Waals surface area contributed by atoms with Gasteiger partial charge in [-0.05, 0) is 45.6 Å². The Morgan fingerprint density at radius 1 is 1.23 bits per heavy atom. The molecule has 0 radical (unpaired) electrons. The van der Waals surface area contributed by atoms with Crippen LogP contribution in [0.3, 0.4) is 0 Å². The second kappa shape index (κ2) is 8.37. The minimum absolute atomic E-state index is 0.0174. The van der Waals surface area contributed by atoms with Crippen LogP contribution < -0.4 is 5.32 Å². The molecule has 3 aliphatic heterocycles. The zero-order valence-electron chi connectivity index (χ0n) is 18.4. The Balaban J connectivity index is 1.46. The molecule has 0 aliphatic carbocycles. The molecule has 8 heteroatoms. The van der Waals surface area contributed by atoms with Gasteiger partial charge in [-0.25, -0.2) is 4.79 Å². The molecule has 3 heterocycles. The number of carbonyl (C=O) groups is 3. The van der Waals surface area contributed by atoms with Crippen LogP contribution in [-0.2, 0) is 19.2 Å². The number of amides is 3. The monoisotopic (exact) mass is 445 g/mol. The lowest BCUT2D eigenvalue weighted by Crippen LogP contribution is -2.56. The molecule has 0 bridgehead atoms. The average molecular weight is 446 g/mol. The zero-order valence-corrected chi connectivity index (χ0v) is 19.2. The summed E-state index contributed by atoms with van der Waals surface area (Å²) in [7, 11) is 0. The highest BCUT2D eigenvalue weighted by molar-refractivity contribution is 8.00. The van der Waals surface area contributed by atoms with Crippen molar-refractivity contribution < 1.29 is 19.1 Å². The number of nitrogens with one attached hydrogen (secondary N) is 1. The topological polar surface area (TPSA) is 79.0 Å². The van der Waals surface area contributed by atoms with Gasteiger partial charge >= 0.3 is 6.09 Å². The Hall–Kier alpha value is -2.22. The number of benzene rings is 1. The Morgan fingerprint density at radius 2 is 1.97 bits per heavy atom. The van der Waals surface area contributed by atoms with Crippen LogP contribution in [0.1, 0.15) is 52.0 Å². The van der Waals surface area contributed by atoms with E-state index in [-0.39, 0.29) is 17.9 Å². The van der Waals surface area contributed by atoms with Crippen molar-refractivity contribution in [1.29, 1.82) is 0 Å². The fourth-order valence-electron chi connectivity index (χ4n) is 4.80. The number of rotatable bonds is 3. The van der Waals surface area contributed by atoms with E-state index in [0.717, 1.165) is 24.8 Å². The summed E-state index contributed by atoms with van der Waals surface area (Å²) in [4.78, 5) is 41.7. The molecule has 3 amide bonds. The van der Waals surface area contributed by atoms with E-state index in [0.29, 0.717) is 25.3 Å². The second-order valence-corrected chi connectivity index (χ2v) is 10.8. The lowest BCUT2D eigenvalue weighted by molar-refractivity contribution is -0.145. The number of likely N-dealkylation sites (tertiary alicyclic amines) is 1. The maximum absolute atomic E-state index is 13.5. The van der Waals surface area contributed by atoms with Crippen LogP contribution in [0.2, 0.25) is 0 Å². The number of hydrogen-bond donors (Lipinski definition) is 1. The summed E-state index contributed by atoms with van der Waals surface area (Å²) in [6.45, 7) is 6.57. The Kier molecular flexibility index (Phi) is 5.94. The van der Waals surface area contributed by atoms with Gasteiger partial charge in [-0.15, -0.1) is 11.8 Å². The normalized spacial score (nSPS) is 28.4. The molecule has 3 atom stereocenters. The van der Waals surface area contributed by atoms with Gasteiger partial charge < -0.3 is 19.9 Å². The average Bonchev–Trinajstić information content (AvgIpc) is 3.26. The lowest BCUT2D eigenvalue weighted by atomic mass is 10.0. The largest absolute Gasteiger partial charge is 0.444 e. The highest BCUT2D eigenvalue weighted by Gasteiger charge is 2.57. The van der Waals surface area contributed by atoms with Gasteiger partial charge in [0.05, 0.1) is 0 Å². The molecule has 4 rings (SSSR count). The fraction of sp³-hybridized carbons (Fsp3) is 0.609. The first-order valence-electron chi connectivity index (χ1n) is 11.0. The van der Waals surface area contributed by atoms with Gasteiger partial charge in [-0.1, -0.05) is 30.3 Å². The molecule has 0 unspecified atom stereocenters. The van der Waals surface area contributed by atoms with Crippen LogP contribution in [0, 0.1) is 0 Å². The van der Waals surface area contributed by atoms with Crippen LogP contribution in [0.5, 0.6) is 0 Å². The minimum Gasteiger partial charge on any atom is -0.444 e. The first kappa shape index (κ1) is 22.0. The smallest absolute Gasteiger partial charge is 0.407 e. The Bertz CT molecular complexity index is 856. The van der Waals surface area contributed by atoms with Gasteiger partial charge in [0.2, 0.25) is 11.8 Å². The van der Waals surface area contributed by atoms with E-state index in [1.807, 2.05) is 60.9 Å². The highest BCUT2D eigenvalue weighted by Crippen LogP contribution is 2.54. The van der Waals surface area contributed by atoms with Gasteiger partial charge in [0.15, 0.2) is 0 Å². The van der Waals surface area contributed by atoms with Crippen LogP contribution in [0.25, 0.3) is 0 Å². The number of nitrogens with zero attached hydrogens (tertiary/aromatic N) is 2. The molecule has 3 aliphatic rings.